The Balaban J connectivity index is 1.33. The molecule has 1 unspecified atom stereocenters. The summed E-state index contributed by atoms with van der Waals surface area (Å²) in [4.78, 5) is 20.0. The quantitative estimate of drug-likeness (QED) is 0.238. The van der Waals surface area contributed by atoms with Crippen LogP contribution in [-0.4, -0.2) is 42.8 Å². The van der Waals surface area contributed by atoms with Gasteiger partial charge in [-0.2, -0.15) is 0 Å². The summed E-state index contributed by atoms with van der Waals surface area (Å²) < 4.78 is 19.3. The van der Waals surface area contributed by atoms with E-state index in [1.54, 1.807) is 19.1 Å². The fourth-order valence-corrected chi connectivity index (χ4v) is 5.23. The number of carbonyl (C=O) groups excluding carboxylic acids is 1. The highest BCUT2D eigenvalue weighted by Crippen LogP contribution is 2.39. The van der Waals surface area contributed by atoms with Gasteiger partial charge in [0.25, 0.3) is 0 Å². The van der Waals surface area contributed by atoms with Gasteiger partial charge in [0.15, 0.2) is 0 Å². The molecule has 1 aliphatic rings. The second kappa shape index (κ2) is 11.0. The molecule has 204 valence electrons. The highest BCUT2D eigenvalue weighted by molar-refractivity contribution is 5.98. The van der Waals surface area contributed by atoms with Crippen LogP contribution in [0.3, 0.4) is 0 Å². The molecule has 1 aromatic heterocycles. The summed E-state index contributed by atoms with van der Waals surface area (Å²) in [5, 5.41) is 0. The van der Waals surface area contributed by atoms with E-state index in [1.807, 2.05) is 48.5 Å². The number of aryl methyl sites for hydroxylation is 1. The first-order valence-corrected chi connectivity index (χ1v) is 13.5. The van der Waals surface area contributed by atoms with Gasteiger partial charge in [0.1, 0.15) is 23.1 Å². The lowest BCUT2D eigenvalue weighted by atomic mass is 9.87. The number of nitrogens with zero attached hydrogens (tertiary/aromatic N) is 3. The van der Waals surface area contributed by atoms with Crippen molar-refractivity contribution in [2.24, 2.45) is 0 Å². The summed E-state index contributed by atoms with van der Waals surface area (Å²) >= 11 is 0. The number of imidazole rings is 1. The highest BCUT2D eigenvalue weighted by Gasteiger charge is 2.36. The largest absolute Gasteiger partial charge is 0.497 e. The van der Waals surface area contributed by atoms with Gasteiger partial charge >= 0.3 is 0 Å². The first-order valence-electron chi connectivity index (χ1n) is 13.5. The van der Waals surface area contributed by atoms with Crippen LogP contribution in [0.1, 0.15) is 50.9 Å². The minimum absolute atomic E-state index is 0.0355. The Kier molecular flexibility index (Phi) is 7.51. The molecule has 0 bridgehead atoms. The number of para-hydroxylation sites is 2. The van der Waals surface area contributed by atoms with Gasteiger partial charge in [-0.15, -0.1) is 0 Å². The van der Waals surface area contributed by atoms with Gasteiger partial charge < -0.3 is 23.7 Å². The second-order valence-corrected chi connectivity index (χ2v) is 11.0. The molecule has 2 heterocycles. The maximum Gasteiger partial charge on any atom is 0.227 e. The maximum atomic E-state index is 13.2. The van der Waals surface area contributed by atoms with Crippen LogP contribution < -0.4 is 19.1 Å². The zero-order valence-corrected chi connectivity index (χ0v) is 23.4. The van der Waals surface area contributed by atoms with Crippen molar-refractivity contribution in [2.45, 2.75) is 51.5 Å². The van der Waals surface area contributed by atoms with Crippen molar-refractivity contribution in [1.82, 2.24) is 9.55 Å². The summed E-state index contributed by atoms with van der Waals surface area (Å²) in [7, 11) is 3.23. The smallest absolute Gasteiger partial charge is 0.227 e. The van der Waals surface area contributed by atoms with E-state index in [4.69, 9.17) is 19.2 Å². The van der Waals surface area contributed by atoms with E-state index in [9.17, 15) is 4.79 Å². The number of ether oxygens (including phenoxy) is 3. The number of aromatic nitrogens is 2. The third-order valence-electron chi connectivity index (χ3n) is 7.37. The summed E-state index contributed by atoms with van der Waals surface area (Å²) in [5.74, 6) is 3.15. The van der Waals surface area contributed by atoms with Crippen LogP contribution in [0.2, 0.25) is 0 Å². The molecular weight excluding hydrogens is 490 g/mol. The average molecular weight is 528 g/mol. The van der Waals surface area contributed by atoms with Crippen molar-refractivity contribution < 1.29 is 19.0 Å². The van der Waals surface area contributed by atoms with Gasteiger partial charge in [-0.05, 0) is 53.8 Å². The third-order valence-corrected chi connectivity index (χ3v) is 7.37. The van der Waals surface area contributed by atoms with Crippen molar-refractivity contribution >= 4 is 22.6 Å². The number of rotatable bonds is 9. The van der Waals surface area contributed by atoms with Gasteiger partial charge in [0.2, 0.25) is 5.91 Å². The Labute approximate surface area is 230 Å². The average Bonchev–Trinajstić information content (AvgIpc) is 3.50. The monoisotopic (exact) mass is 527 g/mol. The van der Waals surface area contributed by atoms with E-state index < -0.39 is 0 Å². The van der Waals surface area contributed by atoms with Gasteiger partial charge in [0.05, 0.1) is 37.5 Å². The van der Waals surface area contributed by atoms with Gasteiger partial charge in [0, 0.05) is 31.5 Å². The third kappa shape index (κ3) is 5.58. The Morgan fingerprint density at radius 3 is 2.41 bits per heavy atom. The van der Waals surface area contributed by atoms with Crippen molar-refractivity contribution in [3.05, 3.63) is 78.1 Å². The Hall–Kier alpha value is -4.00. The normalized spacial score (nSPS) is 15.7. The van der Waals surface area contributed by atoms with Gasteiger partial charge in [-0.25, -0.2) is 4.98 Å². The SMILES string of the molecule is COc1ccc(OC)c(N2CC(c3nc4ccccc4n3CCCOc3ccc(C(C)(C)C)cc3)CC2=O)c1. The number of fused-ring (bicyclic) bond motifs is 1. The molecule has 39 heavy (non-hydrogen) atoms. The van der Waals surface area contributed by atoms with Crippen molar-refractivity contribution in [1.29, 1.82) is 0 Å². The van der Waals surface area contributed by atoms with E-state index in [1.165, 1.54) is 5.56 Å². The van der Waals surface area contributed by atoms with E-state index in [2.05, 4.69) is 43.5 Å². The molecule has 0 radical (unpaired) electrons. The van der Waals surface area contributed by atoms with E-state index in [0.717, 1.165) is 41.3 Å². The highest BCUT2D eigenvalue weighted by atomic mass is 16.5. The molecule has 4 aromatic rings. The van der Waals surface area contributed by atoms with Gasteiger partial charge in [-0.1, -0.05) is 45.0 Å². The van der Waals surface area contributed by atoms with Crippen LogP contribution in [0.4, 0.5) is 5.69 Å². The molecule has 7 nitrogen and oxygen atoms in total. The molecule has 1 amide bonds. The van der Waals surface area contributed by atoms with Crippen LogP contribution in [0.15, 0.2) is 66.7 Å². The second-order valence-electron chi connectivity index (χ2n) is 11.0. The molecule has 0 saturated carbocycles. The van der Waals surface area contributed by atoms with Crippen LogP contribution in [-0.2, 0) is 16.8 Å². The number of benzene rings is 3. The molecule has 1 aliphatic heterocycles. The Morgan fingerprint density at radius 1 is 0.949 bits per heavy atom. The standard InChI is InChI=1S/C32H37N3O4/c1-32(2,3)23-11-13-24(14-12-23)39-18-8-17-34-27-10-7-6-9-26(27)33-31(34)22-19-30(36)35(21-22)28-20-25(37-4)15-16-29(28)38-5/h6-7,9-16,20,22H,8,17-19,21H2,1-5H3. The molecule has 1 atom stereocenters. The molecule has 1 saturated heterocycles. The van der Waals surface area contributed by atoms with Crippen molar-refractivity contribution in [3.8, 4) is 17.2 Å². The number of anilines is 1. The lowest BCUT2D eigenvalue weighted by Crippen LogP contribution is -2.25. The predicted octanol–water partition coefficient (Wildman–Crippen LogP) is 6.34. The number of methoxy groups -OCH3 is 2. The molecular formula is C32H37N3O4. The molecule has 1 fully saturated rings. The first-order chi connectivity index (χ1) is 18.8. The van der Waals surface area contributed by atoms with E-state index in [-0.39, 0.29) is 17.2 Å². The summed E-state index contributed by atoms with van der Waals surface area (Å²) in [6.07, 6.45) is 1.21. The molecule has 5 rings (SSSR count). The topological polar surface area (TPSA) is 65.8 Å². The summed E-state index contributed by atoms with van der Waals surface area (Å²) in [6.45, 7) is 8.50. The lowest BCUT2D eigenvalue weighted by molar-refractivity contribution is -0.117. The number of hydrogen-bond donors (Lipinski definition) is 0. The molecule has 3 aromatic carbocycles. The van der Waals surface area contributed by atoms with E-state index >= 15 is 0 Å². The summed E-state index contributed by atoms with van der Waals surface area (Å²) in [5.41, 5.74) is 4.14. The van der Waals surface area contributed by atoms with Crippen LogP contribution in [0.5, 0.6) is 17.2 Å². The Bertz CT molecular complexity index is 1450. The maximum absolute atomic E-state index is 13.2. The fourth-order valence-electron chi connectivity index (χ4n) is 5.23. The van der Waals surface area contributed by atoms with Crippen LogP contribution in [0, 0.1) is 0 Å². The number of amides is 1. The first kappa shape index (κ1) is 26.6. The van der Waals surface area contributed by atoms with Crippen molar-refractivity contribution in [3.63, 3.8) is 0 Å². The lowest BCUT2D eigenvalue weighted by Gasteiger charge is -2.20. The molecule has 0 spiro atoms. The van der Waals surface area contributed by atoms with E-state index in [0.29, 0.717) is 31.1 Å². The Morgan fingerprint density at radius 2 is 1.69 bits per heavy atom. The summed E-state index contributed by atoms with van der Waals surface area (Å²) in [6, 6.07) is 22.0. The number of carbonyl (C=O) groups is 1. The van der Waals surface area contributed by atoms with Gasteiger partial charge in [-0.3, -0.25) is 4.79 Å². The molecule has 0 aliphatic carbocycles. The molecule has 0 N–H and O–H groups in total. The molecule has 7 heteroatoms. The fraction of sp³-hybridized carbons (Fsp3) is 0.375. The number of hydrogen-bond acceptors (Lipinski definition) is 5. The zero-order chi connectivity index (χ0) is 27.6. The van der Waals surface area contributed by atoms with Crippen molar-refractivity contribution in [2.75, 3.05) is 32.3 Å². The predicted molar refractivity (Wildman–Crippen MR) is 154 cm³/mol. The minimum atomic E-state index is -0.0355. The van der Waals surface area contributed by atoms with Crippen LogP contribution in [0.25, 0.3) is 11.0 Å². The minimum Gasteiger partial charge on any atom is -0.497 e. The van der Waals surface area contributed by atoms with Crippen LogP contribution >= 0.6 is 0 Å². The zero-order valence-electron chi connectivity index (χ0n) is 23.4.